The van der Waals surface area contributed by atoms with Gasteiger partial charge in [-0.1, -0.05) is 12.1 Å². The van der Waals surface area contributed by atoms with Crippen molar-refractivity contribution in [1.82, 2.24) is 5.32 Å². The maximum absolute atomic E-state index is 12.3. The van der Waals surface area contributed by atoms with E-state index in [1.54, 1.807) is 19.9 Å². The molecule has 4 nitrogen and oxygen atoms in total. The molecule has 0 radical (unpaired) electrons. The molecule has 1 aromatic carbocycles. The molecule has 0 saturated carbocycles. The normalized spacial score (nSPS) is 18.1. The van der Waals surface area contributed by atoms with E-state index in [1.807, 2.05) is 32.9 Å². The van der Waals surface area contributed by atoms with Gasteiger partial charge in [0.1, 0.15) is 11.3 Å². The number of allylic oxidation sites excluding steroid dienone is 4. The second kappa shape index (κ2) is 5.78. The van der Waals surface area contributed by atoms with Crippen molar-refractivity contribution >= 4 is 16.8 Å². The Bertz CT molecular complexity index is 976. The Morgan fingerprint density at radius 3 is 2.50 bits per heavy atom. The van der Waals surface area contributed by atoms with Gasteiger partial charge in [-0.05, 0) is 46.3 Å². The molecule has 4 heteroatoms. The van der Waals surface area contributed by atoms with Gasteiger partial charge in [-0.2, -0.15) is 0 Å². The molecule has 3 rings (SSSR count). The fourth-order valence-electron chi connectivity index (χ4n) is 3.50. The van der Waals surface area contributed by atoms with Crippen LogP contribution in [-0.4, -0.2) is 5.78 Å². The summed E-state index contributed by atoms with van der Waals surface area (Å²) in [6.07, 6.45) is 0. The van der Waals surface area contributed by atoms with Crippen LogP contribution >= 0.6 is 0 Å². The largest absolute Gasteiger partial charge is 0.461 e. The Labute approximate surface area is 140 Å². The number of carbonyl (C=O) groups is 1. The molecule has 1 aliphatic rings. The van der Waals surface area contributed by atoms with Gasteiger partial charge in [0.15, 0.2) is 11.2 Å². The van der Waals surface area contributed by atoms with E-state index in [0.29, 0.717) is 16.7 Å². The van der Waals surface area contributed by atoms with Crippen LogP contribution in [0.15, 0.2) is 56.0 Å². The van der Waals surface area contributed by atoms with Gasteiger partial charge in [-0.15, -0.1) is 0 Å². The second-order valence-electron chi connectivity index (χ2n) is 6.41. The smallest absolute Gasteiger partial charge is 0.192 e. The molecule has 0 fully saturated rings. The van der Waals surface area contributed by atoms with Crippen LogP contribution in [0.4, 0.5) is 0 Å². The number of hydrogen-bond donors (Lipinski definition) is 1. The summed E-state index contributed by atoms with van der Waals surface area (Å²) in [6, 6.07) is 7.05. The van der Waals surface area contributed by atoms with Gasteiger partial charge in [-0.3, -0.25) is 9.59 Å². The molecule has 0 unspecified atom stereocenters. The summed E-state index contributed by atoms with van der Waals surface area (Å²) in [5.41, 5.74) is 5.01. The lowest BCUT2D eigenvalue weighted by Crippen LogP contribution is -2.26. The molecule has 2 aromatic rings. The summed E-state index contributed by atoms with van der Waals surface area (Å²) in [6.45, 7) is 9.26. The number of aryl methyl sites for hydroxylation is 1. The number of benzene rings is 1. The lowest BCUT2D eigenvalue weighted by molar-refractivity contribution is -0.113. The minimum absolute atomic E-state index is 0.0175. The van der Waals surface area contributed by atoms with E-state index in [0.717, 1.165) is 28.1 Å². The molecule has 124 valence electrons. The zero-order valence-corrected chi connectivity index (χ0v) is 14.6. The fourth-order valence-corrected chi connectivity index (χ4v) is 3.50. The van der Waals surface area contributed by atoms with Crippen molar-refractivity contribution in [3.8, 4) is 0 Å². The molecular weight excluding hydrogens is 302 g/mol. The number of Topliss-reactive ketones (excluding diaryl/α,β-unsaturated/α-hetero) is 1. The molecule has 1 atom stereocenters. The van der Waals surface area contributed by atoms with E-state index in [4.69, 9.17) is 4.42 Å². The molecule has 0 spiro atoms. The van der Waals surface area contributed by atoms with Crippen molar-refractivity contribution in [2.24, 2.45) is 0 Å². The standard InChI is InChI=1S/C20H21NO3/c1-10-9-17(23)15-7-6-8-16(20(15)24-10)18-11(2)12(3)21-13(4)19(18)14(5)22/h6-9,18,21H,1-5H3/t18-/m1/s1. The first-order valence-corrected chi connectivity index (χ1v) is 8.00. The van der Waals surface area contributed by atoms with Crippen molar-refractivity contribution in [2.75, 3.05) is 0 Å². The highest BCUT2D eigenvalue weighted by Gasteiger charge is 2.31. The summed E-state index contributed by atoms with van der Waals surface area (Å²) in [5, 5.41) is 3.82. The number of carbonyl (C=O) groups excluding carboxylic acids is 1. The topological polar surface area (TPSA) is 59.3 Å². The zero-order chi connectivity index (χ0) is 17.6. The fraction of sp³-hybridized carbons (Fsp3) is 0.300. The number of ketones is 1. The number of para-hydroxylation sites is 1. The van der Waals surface area contributed by atoms with Gasteiger partial charge < -0.3 is 9.73 Å². The summed E-state index contributed by atoms with van der Waals surface area (Å²) in [5.74, 6) is 0.374. The minimum atomic E-state index is -0.211. The van der Waals surface area contributed by atoms with Gasteiger partial charge in [0.05, 0.1) is 5.39 Å². The average Bonchev–Trinajstić information content (AvgIpc) is 2.49. The van der Waals surface area contributed by atoms with Crippen molar-refractivity contribution in [1.29, 1.82) is 0 Å². The Morgan fingerprint density at radius 1 is 1.12 bits per heavy atom. The van der Waals surface area contributed by atoms with Gasteiger partial charge in [0.2, 0.25) is 0 Å². The number of fused-ring (bicyclic) bond motifs is 1. The van der Waals surface area contributed by atoms with Crippen LogP contribution in [-0.2, 0) is 4.79 Å². The second-order valence-corrected chi connectivity index (χ2v) is 6.41. The quantitative estimate of drug-likeness (QED) is 0.909. The molecule has 0 amide bonds. The highest BCUT2D eigenvalue weighted by atomic mass is 16.3. The SMILES string of the molecule is CC(=O)C1=C(C)NC(C)=C(C)[C@@H]1c1cccc2c(=O)cc(C)oc12. The zero-order valence-electron chi connectivity index (χ0n) is 14.6. The van der Waals surface area contributed by atoms with Crippen LogP contribution < -0.4 is 10.7 Å². The lowest BCUT2D eigenvalue weighted by atomic mass is 9.79. The molecule has 24 heavy (non-hydrogen) atoms. The minimum Gasteiger partial charge on any atom is -0.461 e. The molecule has 0 aliphatic carbocycles. The number of nitrogens with one attached hydrogen (secondary N) is 1. The lowest BCUT2D eigenvalue weighted by Gasteiger charge is -2.30. The third-order valence-corrected chi connectivity index (χ3v) is 4.69. The van der Waals surface area contributed by atoms with Crippen molar-refractivity contribution in [2.45, 2.75) is 40.5 Å². The van der Waals surface area contributed by atoms with Gasteiger partial charge in [-0.25, -0.2) is 0 Å². The molecule has 0 bridgehead atoms. The molecular formula is C20H21NO3. The monoisotopic (exact) mass is 323 g/mol. The van der Waals surface area contributed by atoms with Crippen LogP contribution in [0.5, 0.6) is 0 Å². The van der Waals surface area contributed by atoms with Crippen molar-refractivity contribution < 1.29 is 9.21 Å². The van der Waals surface area contributed by atoms with E-state index in [1.165, 1.54) is 6.07 Å². The highest BCUT2D eigenvalue weighted by Crippen LogP contribution is 2.40. The van der Waals surface area contributed by atoms with E-state index in [9.17, 15) is 9.59 Å². The molecule has 2 heterocycles. The van der Waals surface area contributed by atoms with E-state index < -0.39 is 0 Å². The molecule has 1 aromatic heterocycles. The maximum Gasteiger partial charge on any atom is 0.192 e. The van der Waals surface area contributed by atoms with Crippen LogP contribution in [0.25, 0.3) is 11.0 Å². The maximum atomic E-state index is 12.3. The highest BCUT2D eigenvalue weighted by molar-refractivity contribution is 5.98. The summed E-state index contributed by atoms with van der Waals surface area (Å²) < 4.78 is 5.90. The predicted octanol–water partition coefficient (Wildman–Crippen LogP) is 3.95. The molecule has 0 saturated heterocycles. The van der Waals surface area contributed by atoms with Crippen LogP contribution in [0, 0.1) is 6.92 Å². The first kappa shape index (κ1) is 16.2. The third kappa shape index (κ3) is 2.48. The van der Waals surface area contributed by atoms with E-state index in [-0.39, 0.29) is 17.1 Å². The first-order valence-electron chi connectivity index (χ1n) is 8.00. The predicted molar refractivity (Wildman–Crippen MR) is 94.9 cm³/mol. The number of hydrogen-bond acceptors (Lipinski definition) is 4. The van der Waals surface area contributed by atoms with Crippen LogP contribution in [0.3, 0.4) is 0 Å². The van der Waals surface area contributed by atoms with Crippen LogP contribution in [0.1, 0.15) is 44.9 Å². The van der Waals surface area contributed by atoms with Gasteiger partial charge in [0.25, 0.3) is 0 Å². The van der Waals surface area contributed by atoms with E-state index >= 15 is 0 Å². The summed E-state index contributed by atoms with van der Waals surface area (Å²) >= 11 is 0. The summed E-state index contributed by atoms with van der Waals surface area (Å²) in [7, 11) is 0. The third-order valence-electron chi connectivity index (χ3n) is 4.69. The van der Waals surface area contributed by atoms with E-state index in [2.05, 4.69) is 5.32 Å². The summed E-state index contributed by atoms with van der Waals surface area (Å²) in [4.78, 5) is 24.6. The van der Waals surface area contributed by atoms with Crippen molar-refractivity contribution in [3.05, 3.63) is 68.4 Å². The van der Waals surface area contributed by atoms with Gasteiger partial charge >= 0.3 is 0 Å². The number of rotatable bonds is 2. The Balaban J connectivity index is 2.38. The van der Waals surface area contributed by atoms with Gasteiger partial charge in [0, 0.05) is 34.5 Å². The molecule has 1 aliphatic heterocycles. The Morgan fingerprint density at radius 2 is 1.83 bits per heavy atom. The Hall–Kier alpha value is -2.62. The first-order chi connectivity index (χ1) is 11.3. The molecule has 1 N–H and O–H groups in total. The Kier molecular flexibility index (Phi) is 3.91. The van der Waals surface area contributed by atoms with Crippen LogP contribution in [0.2, 0.25) is 0 Å². The average molecular weight is 323 g/mol. The number of dihydropyridines is 1. The van der Waals surface area contributed by atoms with Crippen molar-refractivity contribution in [3.63, 3.8) is 0 Å².